The molecule has 0 saturated carbocycles. The van der Waals surface area contributed by atoms with E-state index >= 15 is 0 Å². The third-order valence-corrected chi connectivity index (χ3v) is 5.41. The molecular weight excluding hydrogens is 515 g/mol. The molecule has 174 valence electrons. The second kappa shape index (κ2) is 13.2. The van der Waals surface area contributed by atoms with Crippen molar-refractivity contribution in [3.8, 4) is 0 Å². The molecule has 2 N–H and O–H groups in total. The molecule has 0 bridgehead atoms. The minimum atomic E-state index is 0. The van der Waals surface area contributed by atoms with Crippen molar-refractivity contribution in [2.75, 3.05) is 45.2 Å². The van der Waals surface area contributed by atoms with Crippen molar-refractivity contribution in [3.05, 3.63) is 59.8 Å². The van der Waals surface area contributed by atoms with Gasteiger partial charge in [0.2, 0.25) is 5.91 Å². The Labute approximate surface area is 208 Å². The van der Waals surface area contributed by atoms with E-state index < -0.39 is 0 Å². The topological polar surface area (TPSA) is 72.9 Å². The smallest absolute Gasteiger partial charge is 0.223 e. The van der Waals surface area contributed by atoms with Crippen LogP contribution in [0.3, 0.4) is 0 Å². The number of rotatable bonds is 9. The van der Waals surface area contributed by atoms with Crippen LogP contribution in [-0.2, 0) is 17.8 Å². The first-order chi connectivity index (χ1) is 15.1. The van der Waals surface area contributed by atoms with Crippen LogP contribution in [0.1, 0.15) is 24.5 Å². The van der Waals surface area contributed by atoms with E-state index in [9.17, 15) is 4.79 Å². The van der Waals surface area contributed by atoms with Gasteiger partial charge in [0.15, 0.2) is 5.96 Å². The van der Waals surface area contributed by atoms with Gasteiger partial charge in [-0.2, -0.15) is 0 Å². The Bertz CT molecular complexity index is 874. The second-order valence-electron chi connectivity index (χ2n) is 8.10. The molecule has 0 radical (unpaired) electrons. The predicted molar refractivity (Wildman–Crippen MR) is 142 cm³/mol. The molecule has 1 aliphatic rings. The highest BCUT2D eigenvalue weighted by Crippen LogP contribution is 2.18. The zero-order chi connectivity index (χ0) is 22.1. The number of aliphatic imine (C=N–C) groups is 1. The lowest BCUT2D eigenvalue weighted by Gasteiger charge is -2.18. The molecule has 8 heteroatoms. The Morgan fingerprint density at radius 3 is 2.69 bits per heavy atom. The van der Waals surface area contributed by atoms with Crippen LogP contribution in [0, 0.1) is 5.92 Å². The van der Waals surface area contributed by atoms with E-state index in [1.54, 1.807) is 6.20 Å². The molecule has 1 unspecified atom stereocenters. The molecule has 1 atom stereocenters. The highest BCUT2D eigenvalue weighted by molar-refractivity contribution is 14.0. The Morgan fingerprint density at radius 2 is 1.97 bits per heavy atom. The number of halogens is 1. The fraction of sp³-hybridized carbons (Fsp3) is 0.458. The van der Waals surface area contributed by atoms with Gasteiger partial charge in [0, 0.05) is 64.4 Å². The summed E-state index contributed by atoms with van der Waals surface area (Å²) in [7, 11) is 3.97. The van der Waals surface area contributed by atoms with Gasteiger partial charge in [-0.1, -0.05) is 36.4 Å². The number of guanidine groups is 1. The Hall–Kier alpha value is -2.36. The molecule has 1 saturated heterocycles. The molecule has 1 aromatic heterocycles. The van der Waals surface area contributed by atoms with Gasteiger partial charge in [-0.25, -0.2) is 9.98 Å². The van der Waals surface area contributed by atoms with Crippen molar-refractivity contribution in [2.24, 2.45) is 10.9 Å². The standard InChI is InChI=1S/C24H34N6O.HI/c1-4-25-24(28-17-21-11-8-13-26-23(21)29(2)3)27-16-20-15-22(31)30(18-20)14-12-19-9-6-5-7-10-19;/h5-11,13,20H,4,12,14-18H2,1-3H3,(H2,25,27,28);1H. The number of carbonyl (C=O) groups is 1. The lowest BCUT2D eigenvalue weighted by atomic mass is 10.1. The van der Waals surface area contributed by atoms with Crippen molar-refractivity contribution in [2.45, 2.75) is 26.3 Å². The minimum Gasteiger partial charge on any atom is -0.362 e. The fourth-order valence-corrected chi connectivity index (χ4v) is 3.82. The first-order valence-corrected chi connectivity index (χ1v) is 11.0. The normalized spacial score (nSPS) is 16.0. The quantitative estimate of drug-likeness (QED) is 0.286. The van der Waals surface area contributed by atoms with E-state index in [0.29, 0.717) is 18.9 Å². The third-order valence-electron chi connectivity index (χ3n) is 5.41. The highest BCUT2D eigenvalue weighted by Gasteiger charge is 2.29. The lowest BCUT2D eigenvalue weighted by molar-refractivity contribution is -0.127. The van der Waals surface area contributed by atoms with E-state index in [1.807, 2.05) is 48.2 Å². The Kier molecular flexibility index (Phi) is 10.7. The molecule has 1 amide bonds. The van der Waals surface area contributed by atoms with Crippen molar-refractivity contribution in [1.29, 1.82) is 0 Å². The molecule has 7 nitrogen and oxygen atoms in total. The van der Waals surface area contributed by atoms with Crippen molar-refractivity contribution >= 4 is 41.7 Å². The van der Waals surface area contributed by atoms with Crippen molar-refractivity contribution < 1.29 is 4.79 Å². The number of anilines is 1. The first kappa shape index (κ1) is 25.9. The summed E-state index contributed by atoms with van der Waals surface area (Å²) in [5.41, 5.74) is 2.35. The lowest BCUT2D eigenvalue weighted by Crippen LogP contribution is -2.40. The number of nitrogens with zero attached hydrogens (tertiary/aromatic N) is 4. The summed E-state index contributed by atoms with van der Waals surface area (Å²) < 4.78 is 0. The molecular formula is C24H35IN6O. The number of carbonyl (C=O) groups excluding carboxylic acids is 1. The monoisotopic (exact) mass is 550 g/mol. The molecule has 32 heavy (non-hydrogen) atoms. The van der Waals surface area contributed by atoms with Gasteiger partial charge >= 0.3 is 0 Å². The van der Waals surface area contributed by atoms with E-state index in [-0.39, 0.29) is 29.9 Å². The Morgan fingerprint density at radius 1 is 1.19 bits per heavy atom. The summed E-state index contributed by atoms with van der Waals surface area (Å²) >= 11 is 0. The molecule has 0 spiro atoms. The molecule has 2 heterocycles. The first-order valence-electron chi connectivity index (χ1n) is 11.0. The van der Waals surface area contributed by atoms with E-state index in [4.69, 9.17) is 4.99 Å². The molecule has 1 aliphatic heterocycles. The van der Waals surface area contributed by atoms with Gasteiger partial charge in [0.05, 0.1) is 6.54 Å². The summed E-state index contributed by atoms with van der Waals surface area (Å²) in [6.45, 7) is 5.69. The summed E-state index contributed by atoms with van der Waals surface area (Å²) in [4.78, 5) is 25.6. The summed E-state index contributed by atoms with van der Waals surface area (Å²) in [6, 6.07) is 14.3. The number of benzene rings is 1. The number of hydrogen-bond acceptors (Lipinski definition) is 4. The summed E-state index contributed by atoms with van der Waals surface area (Å²) in [6.07, 6.45) is 3.29. The number of aromatic nitrogens is 1. The summed E-state index contributed by atoms with van der Waals surface area (Å²) in [5, 5.41) is 6.72. The van der Waals surface area contributed by atoms with Gasteiger partial charge in [0.1, 0.15) is 5.82 Å². The maximum atomic E-state index is 12.4. The minimum absolute atomic E-state index is 0. The molecule has 3 rings (SSSR count). The van der Waals surface area contributed by atoms with Gasteiger partial charge in [0.25, 0.3) is 0 Å². The average molecular weight is 550 g/mol. The summed E-state index contributed by atoms with van der Waals surface area (Å²) in [5.74, 6) is 2.24. The number of hydrogen-bond donors (Lipinski definition) is 2. The molecule has 0 aliphatic carbocycles. The van der Waals surface area contributed by atoms with Crippen LogP contribution >= 0.6 is 24.0 Å². The average Bonchev–Trinajstić information content (AvgIpc) is 3.14. The SMILES string of the molecule is CCNC(=NCc1cccnc1N(C)C)NCC1CC(=O)N(CCc2ccccc2)C1.I. The maximum absolute atomic E-state index is 12.4. The van der Waals surface area contributed by atoms with Crippen LogP contribution in [0.2, 0.25) is 0 Å². The van der Waals surface area contributed by atoms with Gasteiger partial charge in [-0.3, -0.25) is 4.79 Å². The van der Waals surface area contributed by atoms with Crippen LogP contribution in [0.4, 0.5) is 5.82 Å². The van der Waals surface area contributed by atoms with E-state index in [0.717, 1.165) is 49.9 Å². The van der Waals surface area contributed by atoms with Crippen LogP contribution < -0.4 is 15.5 Å². The zero-order valence-electron chi connectivity index (χ0n) is 19.3. The van der Waals surface area contributed by atoms with Crippen molar-refractivity contribution in [3.63, 3.8) is 0 Å². The predicted octanol–water partition coefficient (Wildman–Crippen LogP) is 2.91. The van der Waals surface area contributed by atoms with Crippen LogP contribution in [-0.4, -0.2) is 62.0 Å². The molecule has 2 aromatic rings. The van der Waals surface area contributed by atoms with Gasteiger partial charge in [-0.15, -0.1) is 24.0 Å². The number of amides is 1. The number of likely N-dealkylation sites (tertiary alicyclic amines) is 1. The van der Waals surface area contributed by atoms with Crippen LogP contribution in [0.25, 0.3) is 0 Å². The van der Waals surface area contributed by atoms with Gasteiger partial charge in [-0.05, 0) is 25.0 Å². The van der Waals surface area contributed by atoms with Crippen molar-refractivity contribution in [1.82, 2.24) is 20.5 Å². The maximum Gasteiger partial charge on any atom is 0.223 e. The second-order valence-corrected chi connectivity index (χ2v) is 8.10. The molecule has 1 aromatic carbocycles. The molecule has 1 fully saturated rings. The largest absolute Gasteiger partial charge is 0.362 e. The third kappa shape index (κ3) is 7.65. The van der Waals surface area contributed by atoms with Crippen LogP contribution in [0.15, 0.2) is 53.7 Å². The number of nitrogens with one attached hydrogen (secondary N) is 2. The van der Waals surface area contributed by atoms with E-state index in [1.165, 1.54) is 5.56 Å². The zero-order valence-corrected chi connectivity index (χ0v) is 21.6. The Balaban J connectivity index is 0.00000363. The number of pyridine rings is 1. The fourth-order valence-electron chi connectivity index (χ4n) is 3.82. The van der Waals surface area contributed by atoms with Crippen LogP contribution in [0.5, 0.6) is 0 Å². The van der Waals surface area contributed by atoms with Gasteiger partial charge < -0.3 is 20.4 Å². The highest BCUT2D eigenvalue weighted by atomic mass is 127. The van der Waals surface area contributed by atoms with E-state index in [2.05, 4.69) is 40.7 Å².